The first kappa shape index (κ1) is 21.3. The van der Waals surface area contributed by atoms with E-state index >= 15 is 0 Å². The van der Waals surface area contributed by atoms with Gasteiger partial charge in [0.1, 0.15) is 11.5 Å². The second kappa shape index (κ2) is 8.82. The van der Waals surface area contributed by atoms with Crippen molar-refractivity contribution in [2.45, 2.75) is 20.4 Å². The van der Waals surface area contributed by atoms with E-state index in [4.69, 9.17) is 32.8 Å². The van der Waals surface area contributed by atoms with Gasteiger partial charge in [-0.25, -0.2) is 4.99 Å². The van der Waals surface area contributed by atoms with Gasteiger partial charge in [0.05, 0.1) is 17.9 Å². The number of aromatic amines is 1. The Balaban J connectivity index is 2.11. The van der Waals surface area contributed by atoms with E-state index in [1.165, 1.54) is 4.90 Å². The molecular weight excluding hydrogens is 374 g/mol. The lowest BCUT2D eigenvalue weighted by Crippen LogP contribution is -2.35. The van der Waals surface area contributed by atoms with Crippen molar-refractivity contribution in [3.8, 4) is 0 Å². The van der Waals surface area contributed by atoms with Crippen molar-refractivity contribution in [1.29, 1.82) is 5.41 Å². The number of H-pyrrole nitrogens is 1. The molecule has 156 valence electrons. The van der Waals surface area contributed by atoms with Crippen LogP contribution in [-0.4, -0.2) is 47.8 Å². The maximum atomic E-state index is 7.91. The molecule has 0 bridgehead atoms. The third-order valence-electron chi connectivity index (χ3n) is 4.03. The average molecular weight is 401 g/mol. The monoisotopic (exact) mass is 401 g/mol. The summed E-state index contributed by atoms with van der Waals surface area (Å²) in [4.78, 5) is 18.2. The van der Waals surface area contributed by atoms with E-state index in [1.807, 2.05) is 13.1 Å². The van der Waals surface area contributed by atoms with Crippen LogP contribution in [-0.2, 0) is 6.54 Å². The number of guanidine groups is 4. The van der Waals surface area contributed by atoms with Crippen molar-refractivity contribution in [1.82, 2.24) is 9.88 Å². The van der Waals surface area contributed by atoms with Crippen LogP contribution in [0.4, 0.5) is 11.4 Å². The molecule has 12 nitrogen and oxygen atoms in total. The number of nitrogens with one attached hydrogen (secondary N) is 2. The molecule has 2 heterocycles. The van der Waals surface area contributed by atoms with Crippen molar-refractivity contribution >= 4 is 35.2 Å². The number of furan rings is 1. The van der Waals surface area contributed by atoms with E-state index in [1.54, 1.807) is 38.2 Å². The minimum absolute atomic E-state index is 0.0405. The predicted molar refractivity (Wildman–Crippen MR) is 115 cm³/mol. The summed E-state index contributed by atoms with van der Waals surface area (Å²) in [6.07, 6.45) is 3.53. The maximum absolute atomic E-state index is 7.91. The summed E-state index contributed by atoms with van der Waals surface area (Å²) >= 11 is 0. The average Bonchev–Trinajstić information content (AvgIpc) is 3.18. The zero-order chi connectivity index (χ0) is 21.7. The molecule has 29 heavy (non-hydrogen) atoms. The molecule has 0 spiro atoms. The van der Waals surface area contributed by atoms with Gasteiger partial charge >= 0.3 is 0 Å². The summed E-state index contributed by atoms with van der Waals surface area (Å²) in [5.41, 5.74) is 24.8. The smallest absolute Gasteiger partial charge is 0.225 e. The lowest BCUT2D eigenvalue weighted by atomic mass is 10.3. The second-order valence-corrected chi connectivity index (χ2v) is 6.39. The second-order valence-electron chi connectivity index (χ2n) is 6.39. The van der Waals surface area contributed by atoms with Gasteiger partial charge in [0.25, 0.3) is 0 Å². The van der Waals surface area contributed by atoms with Crippen LogP contribution < -0.4 is 27.8 Å². The molecule has 0 aliphatic rings. The van der Waals surface area contributed by atoms with Crippen LogP contribution in [0, 0.1) is 19.3 Å². The van der Waals surface area contributed by atoms with Crippen LogP contribution in [0.15, 0.2) is 37.9 Å². The Labute approximate surface area is 168 Å². The number of anilines is 1. The van der Waals surface area contributed by atoms with Crippen molar-refractivity contribution in [3.05, 3.63) is 35.5 Å². The van der Waals surface area contributed by atoms with Gasteiger partial charge in [-0.1, -0.05) is 0 Å². The third kappa shape index (κ3) is 5.51. The fourth-order valence-electron chi connectivity index (χ4n) is 2.47. The third-order valence-corrected chi connectivity index (χ3v) is 4.03. The molecule has 0 radical (unpaired) electrons. The van der Waals surface area contributed by atoms with E-state index < -0.39 is 0 Å². The van der Waals surface area contributed by atoms with Crippen LogP contribution in [0.25, 0.3) is 0 Å². The van der Waals surface area contributed by atoms with Crippen LogP contribution in [0.3, 0.4) is 0 Å². The number of hydrogen-bond acceptors (Lipinski definition) is 3. The topological polar surface area (TPSA) is 200 Å². The molecule has 2 aromatic heterocycles. The largest absolute Gasteiger partial charge is 0.462 e. The van der Waals surface area contributed by atoms with Gasteiger partial charge in [-0.05, 0) is 19.4 Å². The number of hydrogen-bond donors (Lipinski definition) is 6. The van der Waals surface area contributed by atoms with E-state index in [-0.39, 0.29) is 23.8 Å². The minimum Gasteiger partial charge on any atom is -0.462 e. The summed E-state index contributed by atoms with van der Waals surface area (Å²) in [5.74, 6) is 1.13. The molecule has 0 aromatic carbocycles. The van der Waals surface area contributed by atoms with Gasteiger partial charge in [-0.2, -0.15) is 9.98 Å². The lowest BCUT2D eigenvalue weighted by Gasteiger charge is -2.16. The van der Waals surface area contributed by atoms with Crippen molar-refractivity contribution < 1.29 is 4.42 Å². The van der Waals surface area contributed by atoms with Gasteiger partial charge < -0.3 is 42.1 Å². The first-order chi connectivity index (χ1) is 13.6. The lowest BCUT2D eigenvalue weighted by molar-refractivity contribution is 0.398. The number of aryl methyl sites for hydroxylation is 2. The maximum Gasteiger partial charge on any atom is 0.225 e. The Bertz CT molecular complexity index is 962. The van der Waals surface area contributed by atoms with Gasteiger partial charge in [0.2, 0.25) is 11.9 Å². The molecule has 0 amide bonds. The van der Waals surface area contributed by atoms with Crippen LogP contribution >= 0.6 is 0 Å². The van der Waals surface area contributed by atoms with Crippen LogP contribution in [0.2, 0.25) is 0 Å². The summed E-state index contributed by atoms with van der Waals surface area (Å²) in [6, 6.07) is 1.77. The summed E-state index contributed by atoms with van der Waals surface area (Å²) in [6.45, 7) is 4.01. The van der Waals surface area contributed by atoms with Crippen molar-refractivity contribution in [2.75, 3.05) is 19.0 Å². The first-order valence-corrected chi connectivity index (χ1v) is 8.62. The Morgan fingerprint density at radius 2 is 1.83 bits per heavy atom. The first-order valence-electron chi connectivity index (χ1n) is 8.62. The number of aliphatic imine (C=N–C) groups is 3. The molecule has 12 heteroatoms. The molecule has 0 saturated heterocycles. The van der Waals surface area contributed by atoms with E-state index in [0.717, 1.165) is 5.56 Å². The molecule has 10 N–H and O–H groups in total. The summed E-state index contributed by atoms with van der Waals surface area (Å²) < 4.78 is 5.75. The van der Waals surface area contributed by atoms with E-state index in [0.29, 0.717) is 29.4 Å². The summed E-state index contributed by atoms with van der Waals surface area (Å²) in [5, 5.41) is 7.91. The van der Waals surface area contributed by atoms with Crippen LogP contribution in [0.1, 0.15) is 17.1 Å². The molecule has 2 aromatic rings. The normalized spacial score (nSPS) is 12.0. The molecule has 0 fully saturated rings. The molecule has 0 saturated carbocycles. The fraction of sp³-hybridized carbons (Fsp3) is 0.294. The quantitative estimate of drug-likeness (QED) is 0.311. The van der Waals surface area contributed by atoms with Gasteiger partial charge in [-0.15, -0.1) is 0 Å². The molecule has 0 aliphatic carbocycles. The Hall–Kier alpha value is -3.96. The number of nitrogens with zero attached hydrogens (tertiary/aromatic N) is 5. The highest BCUT2D eigenvalue weighted by molar-refractivity contribution is 6.01. The number of aromatic nitrogens is 1. The molecule has 0 aliphatic heterocycles. The molecule has 0 atom stereocenters. The summed E-state index contributed by atoms with van der Waals surface area (Å²) in [7, 11) is 3.41. The highest BCUT2D eigenvalue weighted by Crippen LogP contribution is 2.24. The Morgan fingerprint density at radius 3 is 2.41 bits per heavy atom. The Kier molecular flexibility index (Phi) is 6.49. The molecular formula is C17H27N11O. The van der Waals surface area contributed by atoms with Crippen molar-refractivity contribution in [2.24, 2.45) is 37.9 Å². The standard InChI is InChI=1S/C17H27N11O/c1-9-6-23-7-12(9)24-15(20)26-16(21)27(3)8-11-5-13(10(2)29-11)28(4)17(22)25-14(18)19/h5-7,23H,8H2,1-4H3,(H5,18,19,22,25)(H4,20,21,24,26). The zero-order valence-corrected chi connectivity index (χ0v) is 16.9. The van der Waals surface area contributed by atoms with Crippen LogP contribution in [0.5, 0.6) is 0 Å². The highest BCUT2D eigenvalue weighted by Gasteiger charge is 2.16. The predicted octanol–water partition coefficient (Wildman–Crippen LogP) is 0.262. The van der Waals surface area contributed by atoms with Gasteiger partial charge in [0.15, 0.2) is 11.9 Å². The van der Waals surface area contributed by atoms with E-state index in [9.17, 15) is 0 Å². The van der Waals surface area contributed by atoms with E-state index in [2.05, 4.69) is 20.0 Å². The minimum atomic E-state index is -0.193. The molecule has 0 unspecified atom stereocenters. The Morgan fingerprint density at radius 1 is 1.14 bits per heavy atom. The van der Waals surface area contributed by atoms with Gasteiger partial charge in [-0.3, -0.25) is 5.41 Å². The molecule has 2 rings (SSSR count). The highest BCUT2D eigenvalue weighted by atomic mass is 16.3. The zero-order valence-electron chi connectivity index (χ0n) is 16.9. The van der Waals surface area contributed by atoms with Gasteiger partial charge in [0, 0.05) is 32.6 Å². The number of nitrogens with two attached hydrogens (primary N) is 4. The SMILES string of the molecule is Cc1c[nH]cc1N=C(N)N=C(N)N(C)Cc1cc(N(C)C(=N)N=C(N)N)c(C)o1. The number of rotatable bonds is 4. The fourth-order valence-corrected chi connectivity index (χ4v) is 2.47. The van der Waals surface area contributed by atoms with Crippen molar-refractivity contribution in [3.63, 3.8) is 0 Å².